The van der Waals surface area contributed by atoms with Crippen LogP contribution < -0.4 is 0 Å². The molecule has 0 nitrogen and oxygen atoms in total. The second kappa shape index (κ2) is 7.60. The first-order chi connectivity index (χ1) is 5.70. The molecule has 0 unspecified atom stereocenters. The van der Waals surface area contributed by atoms with Gasteiger partial charge in [0.05, 0.1) is 0 Å². The van der Waals surface area contributed by atoms with Crippen LogP contribution in [0.15, 0.2) is 23.3 Å². The van der Waals surface area contributed by atoms with Crippen molar-refractivity contribution in [2.75, 3.05) is 5.33 Å². The summed E-state index contributed by atoms with van der Waals surface area (Å²) in [7, 11) is 0. The van der Waals surface area contributed by atoms with Gasteiger partial charge in [-0.15, -0.1) is 0 Å². The van der Waals surface area contributed by atoms with E-state index < -0.39 is 0 Å². The van der Waals surface area contributed by atoms with Gasteiger partial charge in [0.2, 0.25) is 0 Å². The molecule has 0 radical (unpaired) electrons. The van der Waals surface area contributed by atoms with Crippen molar-refractivity contribution in [1.29, 1.82) is 0 Å². The molecule has 12 heavy (non-hydrogen) atoms. The van der Waals surface area contributed by atoms with Crippen LogP contribution in [-0.2, 0) is 0 Å². The lowest BCUT2D eigenvalue weighted by molar-refractivity contribution is 0.948. The fourth-order valence-corrected chi connectivity index (χ4v) is 1.48. The Bertz CT molecular complexity index is 166. The topological polar surface area (TPSA) is 0 Å². The summed E-state index contributed by atoms with van der Waals surface area (Å²) in [5.74, 6) is 0. The van der Waals surface area contributed by atoms with Crippen molar-refractivity contribution in [2.45, 2.75) is 40.0 Å². The monoisotopic (exact) mass is 230 g/mol. The van der Waals surface area contributed by atoms with Gasteiger partial charge in [-0.25, -0.2) is 0 Å². The van der Waals surface area contributed by atoms with Gasteiger partial charge in [0.15, 0.2) is 0 Å². The first-order valence-corrected chi connectivity index (χ1v) is 5.70. The van der Waals surface area contributed by atoms with Gasteiger partial charge in [0.25, 0.3) is 0 Å². The van der Waals surface area contributed by atoms with Crippen LogP contribution in [0, 0.1) is 0 Å². The van der Waals surface area contributed by atoms with Gasteiger partial charge >= 0.3 is 0 Å². The molecule has 0 aromatic heterocycles. The zero-order valence-electron chi connectivity index (χ0n) is 8.36. The molecule has 0 fully saturated rings. The average molecular weight is 231 g/mol. The highest BCUT2D eigenvalue weighted by Gasteiger charge is 1.88. The van der Waals surface area contributed by atoms with Crippen molar-refractivity contribution in [3.63, 3.8) is 0 Å². The molecule has 70 valence electrons. The van der Waals surface area contributed by atoms with E-state index in [1.54, 1.807) is 0 Å². The minimum Gasteiger partial charge on any atom is -0.0883 e. The Labute approximate surface area is 84.9 Å². The largest absolute Gasteiger partial charge is 0.0883 e. The normalized spacial score (nSPS) is 13.7. The van der Waals surface area contributed by atoms with Crippen LogP contribution in [0.1, 0.15) is 40.0 Å². The van der Waals surface area contributed by atoms with Crippen molar-refractivity contribution in [1.82, 2.24) is 0 Å². The van der Waals surface area contributed by atoms with Crippen LogP contribution >= 0.6 is 15.9 Å². The maximum absolute atomic E-state index is 3.39. The summed E-state index contributed by atoms with van der Waals surface area (Å²) >= 11 is 3.39. The van der Waals surface area contributed by atoms with E-state index in [-0.39, 0.29) is 0 Å². The van der Waals surface area contributed by atoms with Crippen molar-refractivity contribution in [3.05, 3.63) is 23.3 Å². The van der Waals surface area contributed by atoms with Crippen molar-refractivity contribution < 1.29 is 0 Å². The quantitative estimate of drug-likeness (QED) is 0.484. The van der Waals surface area contributed by atoms with Crippen LogP contribution in [0.4, 0.5) is 0 Å². The maximum atomic E-state index is 3.39. The molecule has 0 aliphatic rings. The molecule has 0 rings (SSSR count). The molecule has 0 amide bonds. The highest BCUT2D eigenvalue weighted by atomic mass is 79.9. The van der Waals surface area contributed by atoms with Gasteiger partial charge in [0, 0.05) is 5.33 Å². The van der Waals surface area contributed by atoms with Gasteiger partial charge in [-0.1, -0.05) is 46.2 Å². The molecule has 0 saturated carbocycles. The second-order valence-corrected chi connectivity index (χ2v) is 3.79. The molecule has 0 bridgehead atoms. The summed E-state index contributed by atoms with van der Waals surface area (Å²) in [6, 6.07) is 0. The Kier molecular flexibility index (Phi) is 7.58. The summed E-state index contributed by atoms with van der Waals surface area (Å²) < 4.78 is 0. The zero-order valence-corrected chi connectivity index (χ0v) is 9.95. The molecule has 0 saturated heterocycles. The lowest BCUT2D eigenvalue weighted by atomic mass is 10.1. The van der Waals surface area contributed by atoms with E-state index in [9.17, 15) is 0 Å². The minimum atomic E-state index is 0.981. The summed E-state index contributed by atoms with van der Waals surface area (Å²) in [5.41, 5.74) is 2.98. The van der Waals surface area contributed by atoms with Crippen LogP contribution in [0.25, 0.3) is 0 Å². The molecular formula is C11H19Br. The summed E-state index contributed by atoms with van der Waals surface area (Å²) in [6.45, 7) is 6.59. The maximum Gasteiger partial charge on any atom is 0.0214 e. The first kappa shape index (κ1) is 12.0. The van der Waals surface area contributed by atoms with Crippen LogP contribution in [0.2, 0.25) is 0 Å². The predicted molar refractivity (Wildman–Crippen MR) is 60.8 cm³/mol. The Morgan fingerprint density at radius 1 is 1.17 bits per heavy atom. The summed E-state index contributed by atoms with van der Waals surface area (Å²) in [5, 5.41) is 0.981. The van der Waals surface area contributed by atoms with Crippen molar-refractivity contribution in [2.24, 2.45) is 0 Å². The number of rotatable bonds is 5. The molecule has 0 atom stereocenters. The summed E-state index contributed by atoms with van der Waals surface area (Å²) in [6.07, 6.45) is 8.14. The van der Waals surface area contributed by atoms with Gasteiger partial charge in [-0.05, 0) is 33.1 Å². The Morgan fingerprint density at radius 2 is 1.83 bits per heavy atom. The standard InChI is InChI=1S/C11H19Br/c1-4-10(2)6-5-7-11(3)8-9-12/h6,8H,4-5,7,9H2,1-3H3. The molecular weight excluding hydrogens is 212 g/mol. The fourth-order valence-electron chi connectivity index (χ4n) is 0.924. The van der Waals surface area contributed by atoms with Crippen LogP contribution in [0.3, 0.4) is 0 Å². The number of hydrogen-bond acceptors (Lipinski definition) is 0. The molecule has 1 heteroatoms. The molecule has 0 N–H and O–H groups in total. The Balaban J connectivity index is 3.62. The zero-order chi connectivity index (χ0) is 9.40. The highest BCUT2D eigenvalue weighted by molar-refractivity contribution is 9.09. The molecule has 0 aromatic carbocycles. The smallest absolute Gasteiger partial charge is 0.0214 e. The molecule has 0 aliphatic heterocycles. The van der Waals surface area contributed by atoms with E-state index in [0.29, 0.717) is 0 Å². The van der Waals surface area contributed by atoms with E-state index in [1.807, 2.05) is 0 Å². The Hall–Kier alpha value is -0.0400. The molecule has 0 spiro atoms. The van der Waals surface area contributed by atoms with E-state index >= 15 is 0 Å². The number of alkyl halides is 1. The number of allylic oxidation sites excluding steroid dienone is 4. The number of halogens is 1. The molecule has 0 aromatic rings. The van der Waals surface area contributed by atoms with E-state index in [2.05, 4.69) is 48.9 Å². The van der Waals surface area contributed by atoms with Gasteiger partial charge in [0.1, 0.15) is 0 Å². The number of hydrogen-bond donors (Lipinski definition) is 0. The van der Waals surface area contributed by atoms with Gasteiger partial charge < -0.3 is 0 Å². The van der Waals surface area contributed by atoms with E-state index in [4.69, 9.17) is 0 Å². The van der Waals surface area contributed by atoms with E-state index in [0.717, 1.165) is 5.33 Å². The lowest BCUT2D eigenvalue weighted by Gasteiger charge is -1.98. The third-order valence-electron chi connectivity index (χ3n) is 2.01. The highest BCUT2D eigenvalue weighted by Crippen LogP contribution is 2.08. The van der Waals surface area contributed by atoms with Crippen LogP contribution in [-0.4, -0.2) is 5.33 Å². The predicted octanol–water partition coefficient (Wildman–Crippen LogP) is 4.46. The average Bonchev–Trinajstić information content (AvgIpc) is 2.04. The third kappa shape index (κ3) is 6.66. The van der Waals surface area contributed by atoms with E-state index in [1.165, 1.54) is 30.4 Å². The van der Waals surface area contributed by atoms with Gasteiger partial charge in [-0.2, -0.15) is 0 Å². The first-order valence-electron chi connectivity index (χ1n) is 4.58. The lowest BCUT2D eigenvalue weighted by Crippen LogP contribution is -1.78. The SMILES string of the molecule is CCC(C)=CCCC(C)=CCBr. The van der Waals surface area contributed by atoms with Gasteiger partial charge in [-0.3, -0.25) is 0 Å². The molecule has 0 heterocycles. The molecule has 0 aliphatic carbocycles. The fraction of sp³-hybridized carbons (Fsp3) is 0.636. The second-order valence-electron chi connectivity index (χ2n) is 3.15. The van der Waals surface area contributed by atoms with Crippen molar-refractivity contribution in [3.8, 4) is 0 Å². The third-order valence-corrected chi connectivity index (χ3v) is 2.34. The van der Waals surface area contributed by atoms with Crippen LogP contribution in [0.5, 0.6) is 0 Å². The summed E-state index contributed by atoms with van der Waals surface area (Å²) in [4.78, 5) is 0. The Morgan fingerprint density at radius 3 is 2.33 bits per heavy atom. The van der Waals surface area contributed by atoms with Crippen molar-refractivity contribution >= 4 is 15.9 Å². The minimum absolute atomic E-state index is 0.981.